The number of carboxylic acid groups (broad SMARTS) is 1. The Kier molecular flexibility index (Phi) is 2.05. The lowest BCUT2D eigenvalue weighted by molar-refractivity contribution is -0.153. The molecule has 0 bridgehead atoms. The van der Waals surface area contributed by atoms with E-state index in [-0.39, 0.29) is 12.5 Å². The minimum atomic E-state index is -1.17. The van der Waals surface area contributed by atoms with E-state index >= 15 is 0 Å². The second kappa shape index (κ2) is 2.95. The Morgan fingerprint density at radius 3 is 2.20 bits per heavy atom. The maximum Gasteiger partial charge on any atom is 0.319 e. The van der Waals surface area contributed by atoms with E-state index in [9.17, 15) is 14.7 Å². The molecule has 1 amide bonds. The van der Waals surface area contributed by atoms with E-state index in [0.717, 1.165) is 0 Å². The van der Waals surface area contributed by atoms with Gasteiger partial charge in [0, 0.05) is 13.1 Å². The lowest BCUT2D eigenvalue weighted by atomic mass is 10.1. The molecule has 2 N–H and O–H groups in total. The van der Waals surface area contributed by atoms with Gasteiger partial charge < -0.3 is 15.1 Å². The zero-order valence-electron chi connectivity index (χ0n) is 8.69. The van der Waals surface area contributed by atoms with Crippen molar-refractivity contribution in [1.82, 2.24) is 4.90 Å². The van der Waals surface area contributed by atoms with Crippen molar-refractivity contribution in [1.29, 1.82) is 0 Å². The summed E-state index contributed by atoms with van der Waals surface area (Å²) in [6, 6.07) is 0. The zero-order chi connectivity index (χ0) is 11.3. The standard InChI is InChI=1S/C10H15NO4/c1-9(15)4-5-11(6-9)7(12)10(2-3-10)8(13)14/h15H,2-6H2,1H3,(H,13,14). The number of carbonyl (C=O) groups excluding carboxylic acids is 1. The fraction of sp³-hybridized carbons (Fsp3) is 0.800. The third-order valence-electron chi connectivity index (χ3n) is 3.31. The molecule has 1 saturated heterocycles. The highest BCUT2D eigenvalue weighted by molar-refractivity contribution is 6.04. The van der Waals surface area contributed by atoms with Crippen LogP contribution in [0.25, 0.3) is 0 Å². The van der Waals surface area contributed by atoms with Crippen LogP contribution in [0, 0.1) is 5.41 Å². The van der Waals surface area contributed by atoms with E-state index in [4.69, 9.17) is 5.11 Å². The van der Waals surface area contributed by atoms with Gasteiger partial charge in [-0.15, -0.1) is 0 Å². The number of nitrogens with zero attached hydrogens (tertiary/aromatic N) is 1. The second-order valence-electron chi connectivity index (χ2n) is 4.86. The van der Waals surface area contributed by atoms with E-state index in [1.165, 1.54) is 4.90 Å². The number of aliphatic carboxylic acids is 1. The largest absolute Gasteiger partial charge is 0.480 e. The summed E-state index contributed by atoms with van der Waals surface area (Å²) in [7, 11) is 0. The molecular formula is C10H15NO4. The fourth-order valence-corrected chi connectivity index (χ4v) is 2.07. The zero-order valence-corrected chi connectivity index (χ0v) is 8.69. The topological polar surface area (TPSA) is 77.8 Å². The molecule has 1 saturated carbocycles. The van der Waals surface area contributed by atoms with E-state index < -0.39 is 17.0 Å². The molecule has 1 aliphatic carbocycles. The summed E-state index contributed by atoms with van der Waals surface area (Å²) in [5, 5.41) is 18.7. The molecular weight excluding hydrogens is 198 g/mol. The van der Waals surface area contributed by atoms with E-state index in [0.29, 0.717) is 25.8 Å². The third kappa shape index (κ3) is 1.61. The van der Waals surface area contributed by atoms with Gasteiger partial charge >= 0.3 is 5.97 Å². The van der Waals surface area contributed by atoms with Gasteiger partial charge in [-0.3, -0.25) is 9.59 Å². The number of likely N-dealkylation sites (tertiary alicyclic amines) is 1. The van der Waals surface area contributed by atoms with Crippen LogP contribution in [0.3, 0.4) is 0 Å². The number of β-amino-alcohol motifs (C(OH)–C–C–N with tert-alkyl or cyclic N) is 1. The van der Waals surface area contributed by atoms with E-state index in [2.05, 4.69) is 0 Å². The summed E-state index contributed by atoms with van der Waals surface area (Å²) < 4.78 is 0. The Balaban J connectivity index is 2.07. The average molecular weight is 213 g/mol. The molecule has 2 rings (SSSR count). The first-order valence-corrected chi connectivity index (χ1v) is 5.13. The maximum absolute atomic E-state index is 11.9. The first-order chi connectivity index (χ1) is 6.87. The van der Waals surface area contributed by atoms with E-state index in [1.807, 2.05) is 0 Å². The van der Waals surface area contributed by atoms with Gasteiger partial charge in [0.1, 0.15) is 5.41 Å². The van der Waals surface area contributed by atoms with Crippen LogP contribution in [0.2, 0.25) is 0 Å². The normalized spacial score (nSPS) is 32.8. The van der Waals surface area contributed by atoms with Crippen LogP contribution in [-0.2, 0) is 9.59 Å². The first kappa shape index (κ1) is 10.4. The lowest BCUT2D eigenvalue weighted by Crippen LogP contribution is -2.41. The summed E-state index contributed by atoms with van der Waals surface area (Å²) in [5.74, 6) is -1.35. The summed E-state index contributed by atoms with van der Waals surface area (Å²) in [6.45, 7) is 2.38. The van der Waals surface area contributed by atoms with Crippen LogP contribution < -0.4 is 0 Å². The molecule has 0 aromatic carbocycles. The van der Waals surface area contributed by atoms with Crippen molar-refractivity contribution in [3.8, 4) is 0 Å². The molecule has 1 unspecified atom stereocenters. The molecule has 15 heavy (non-hydrogen) atoms. The number of hydrogen-bond acceptors (Lipinski definition) is 3. The van der Waals surface area contributed by atoms with Gasteiger partial charge in [0.25, 0.3) is 0 Å². The molecule has 0 radical (unpaired) electrons. The Morgan fingerprint density at radius 1 is 1.27 bits per heavy atom. The molecule has 2 aliphatic rings. The summed E-state index contributed by atoms with van der Waals surface area (Å²) >= 11 is 0. The monoisotopic (exact) mass is 213 g/mol. The minimum absolute atomic E-state index is 0.251. The molecule has 0 aromatic rings. The smallest absolute Gasteiger partial charge is 0.319 e. The number of hydrogen-bond donors (Lipinski definition) is 2. The summed E-state index contributed by atoms with van der Waals surface area (Å²) in [5.41, 5.74) is -2.02. The number of carboxylic acids is 1. The predicted octanol–water partition coefficient (Wildman–Crippen LogP) is -0.166. The molecule has 84 valence electrons. The molecule has 0 spiro atoms. The fourth-order valence-electron chi connectivity index (χ4n) is 2.07. The first-order valence-electron chi connectivity index (χ1n) is 5.13. The molecule has 0 aromatic heterocycles. The van der Waals surface area contributed by atoms with Gasteiger partial charge in [0.05, 0.1) is 5.60 Å². The predicted molar refractivity (Wildman–Crippen MR) is 51.1 cm³/mol. The Morgan fingerprint density at radius 2 is 1.87 bits per heavy atom. The van der Waals surface area contributed by atoms with Gasteiger partial charge in [0.2, 0.25) is 5.91 Å². The number of rotatable bonds is 2. The van der Waals surface area contributed by atoms with Crippen LogP contribution >= 0.6 is 0 Å². The number of amides is 1. The highest BCUT2D eigenvalue weighted by Gasteiger charge is 2.59. The average Bonchev–Trinajstić information content (AvgIpc) is 2.86. The minimum Gasteiger partial charge on any atom is -0.480 e. The Labute approximate surface area is 87.7 Å². The molecule has 2 fully saturated rings. The second-order valence-corrected chi connectivity index (χ2v) is 4.86. The van der Waals surface area contributed by atoms with E-state index in [1.54, 1.807) is 6.92 Å². The van der Waals surface area contributed by atoms with Gasteiger partial charge in [0.15, 0.2) is 0 Å². The molecule has 1 heterocycles. The summed E-state index contributed by atoms with van der Waals surface area (Å²) in [6.07, 6.45) is 1.38. The Hall–Kier alpha value is -1.10. The summed E-state index contributed by atoms with van der Waals surface area (Å²) in [4.78, 5) is 24.3. The van der Waals surface area contributed by atoms with Gasteiger partial charge in [-0.2, -0.15) is 0 Å². The van der Waals surface area contributed by atoms with Crippen molar-refractivity contribution >= 4 is 11.9 Å². The van der Waals surface area contributed by atoms with Crippen molar-refractivity contribution in [2.24, 2.45) is 5.41 Å². The van der Waals surface area contributed by atoms with Crippen LogP contribution in [0.5, 0.6) is 0 Å². The highest BCUT2D eigenvalue weighted by atomic mass is 16.4. The third-order valence-corrected chi connectivity index (χ3v) is 3.31. The van der Waals surface area contributed by atoms with Gasteiger partial charge in [-0.05, 0) is 26.2 Å². The lowest BCUT2D eigenvalue weighted by Gasteiger charge is -2.22. The Bertz CT molecular complexity index is 319. The van der Waals surface area contributed by atoms with Crippen LogP contribution in [0.15, 0.2) is 0 Å². The maximum atomic E-state index is 11.9. The van der Waals surface area contributed by atoms with Crippen molar-refractivity contribution in [3.63, 3.8) is 0 Å². The van der Waals surface area contributed by atoms with Crippen molar-refractivity contribution < 1.29 is 19.8 Å². The van der Waals surface area contributed by atoms with Gasteiger partial charge in [-0.1, -0.05) is 0 Å². The van der Waals surface area contributed by atoms with Crippen molar-refractivity contribution in [2.45, 2.75) is 31.8 Å². The quantitative estimate of drug-likeness (QED) is 0.624. The number of carbonyl (C=O) groups is 2. The molecule has 1 aliphatic heterocycles. The van der Waals surface area contributed by atoms with Crippen LogP contribution in [0.4, 0.5) is 0 Å². The molecule has 5 nitrogen and oxygen atoms in total. The van der Waals surface area contributed by atoms with Crippen LogP contribution in [-0.4, -0.2) is 45.7 Å². The molecule has 1 atom stereocenters. The SMILES string of the molecule is CC1(O)CCN(C(=O)C2(C(=O)O)CC2)C1. The van der Waals surface area contributed by atoms with Crippen LogP contribution in [0.1, 0.15) is 26.2 Å². The number of aliphatic hydroxyl groups is 1. The van der Waals surface area contributed by atoms with Gasteiger partial charge in [-0.25, -0.2) is 0 Å². The van der Waals surface area contributed by atoms with Crippen molar-refractivity contribution in [3.05, 3.63) is 0 Å². The highest BCUT2D eigenvalue weighted by Crippen LogP contribution is 2.48. The van der Waals surface area contributed by atoms with Crippen molar-refractivity contribution in [2.75, 3.05) is 13.1 Å². The molecule has 5 heteroatoms.